The molecule has 0 spiro atoms. The highest BCUT2D eigenvalue weighted by molar-refractivity contribution is 5.95. The number of amides is 3. The van der Waals surface area contributed by atoms with Crippen LogP contribution in [0.2, 0.25) is 0 Å². The van der Waals surface area contributed by atoms with Crippen molar-refractivity contribution in [2.45, 2.75) is 91.6 Å². The van der Waals surface area contributed by atoms with Crippen LogP contribution in [-0.4, -0.2) is 67.7 Å². The first-order valence-corrected chi connectivity index (χ1v) is 15.3. The van der Waals surface area contributed by atoms with E-state index in [1.165, 1.54) is 0 Å². The van der Waals surface area contributed by atoms with Gasteiger partial charge in [0.1, 0.15) is 17.9 Å². The van der Waals surface area contributed by atoms with Crippen molar-refractivity contribution >= 4 is 24.0 Å². The third-order valence-electron chi connectivity index (χ3n) is 7.55. The monoisotopic (exact) mass is 607 g/mol. The third kappa shape index (κ3) is 14.1. The van der Waals surface area contributed by atoms with Crippen LogP contribution < -0.4 is 16.0 Å². The average Bonchev–Trinajstić information content (AvgIpc) is 3.39. The molecule has 0 aromatic heterocycles. The van der Waals surface area contributed by atoms with Crippen molar-refractivity contribution in [1.82, 2.24) is 20.9 Å². The van der Waals surface area contributed by atoms with Gasteiger partial charge in [0.25, 0.3) is 5.91 Å². The number of likely N-dealkylation sites (tertiary alicyclic amines) is 1. The normalized spacial score (nSPS) is 20.1. The zero-order chi connectivity index (χ0) is 32.9. The van der Waals surface area contributed by atoms with Gasteiger partial charge >= 0.3 is 0 Å². The quantitative estimate of drug-likeness (QED) is 0.249. The Labute approximate surface area is 256 Å². The van der Waals surface area contributed by atoms with E-state index in [-0.39, 0.29) is 23.4 Å². The molecule has 3 N–H and O–H groups in total. The number of unbranched alkanes of at least 4 members (excludes halogenated alkanes) is 1. The summed E-state index contributed by atoms with van der Waals surface area (Å²) in [6.45, 7) is 16.4. The number of rotatable bonds is 11. The Hall–Kier alpha value is -3.39. The minimum atomic E-state index is -0.960. The van der Waals surface area contributed by atoms with Gasteiger partial charge in [0.05, 0.1) is 17.6 Å². The first-order valence-electron chi connectivity index (χ1n) is 15.3. The number of halogens is 2. The third-order valence-corrected chi connectivity index (χ3v) is 7.55. The Balaban J connectivity index is 0.000000830. The van der Waals surface area contributed by atoms with Crippen molar-refractivity contribution in [2.24, 2.45) is 17.8 Å². The number of nitrogens with zero attached hydrogens (tertiary/aromatic N) is 2. The number of carbonyl (C=O) groups is 4. The van der Waals surface area contributed by atoms with Gasteiger partial charge in [-0.1, -0.05) is 40.5 Å². The predicted molar refractivity (Wildman–Crippen MR) is 164 cm³/mol. The van der Waals surface area contributed by atoms with Crippen LogP contribution in [0.1, 0.15) is 89.9 Å². The molecule has 1 aromatic rings. The van der Waals surface area contributed by atoms with E-state index in [2.05, 4.69) is 41.3 Å². The van der Waals surface area contributed by atoms with E-state index in [1.54, 1.807) is 0 Å². The standard InChI is InChI=1S/C18H22F2N2O3.C11H22N2O.C2H6.CHN/c19-13-5-6-15(16(20)10-13)18(25)22-14(11-23)4-2-1-3-12-7-8-21-17(24)9-12;1-5-12-11(14)10-9(8(2)3)6-7-13(10)4;2*1-2/h5-6,10-12,14H,1-4,7-9H2,(H,21,24)(H,22,25);8-10H,5-7H2,1-4H3,(H,12,14);1-2H3;1H/t12-,14-;9-,10?;;/m01../s1. The van der Waals surface area contributed by atoms with Crippen LogP contribution in [0.4, 0.5) is 8.78 Å². The minimum absolute atomic E-state index is 0.0793. The summed E-state index contributed by atoms with van der Waals surface area (Å²) in [5, 5.41) is 14.7. The molecule has 2 saturated heterocycles. The van der Waals surface area contributed by atoms with Gasteiger partial charge in [0, 0.05) is 32.1 Å². The SMILES string of the molecule is C#N.CC.CCNC(=O)C1[C@@H](C(C)C)CCN1C.O=C[C@H](CCCC[C@H]1CCNC(=O)C1)NC(=O)c1ccc(F)cc1F. The molecule has 0 aliphatic carbocycles. The van der Waals surface area contributed by atoms with Gasteiger partial charge in [-0.3, -0.25) is 19.3 Å². The largest absolute Gasteiger partial charge is 0.356 e. The summed E-state index contributed by atoms with van der Waals surface area (Å²) < 4.78 is 26.4. The maximum absolute atomic E-state index is 13.6. The molecule has 2 fully saturated rings. The lowest BCUT2D eigenvalue weighted by Gasteiger charge is -2.26. The second kappa shape index (κ2) is 22.2. The molecule has 2 aliphatic rings. The Morgan fingerprint density at radius 1 is 1.19 bits per heavy atom. The number of nitrogens with one attached hydrogen (secondary N) is 3. The summed E-state index contributed by atoms with van der Waals surface area (Å²) in [6.07, 6.45) is 6.18. The number of benzene rings is 1. The molecule has 1 unspecified atom stereocenters. The van der Waals surface area contributed by atoms with Crippen molar-refractivity contribution in [3.63, 3.8) is 0 Å². The minimum Gasteiger partial charge on any atom is -0.356 e. The molecule has 9 nitrogen and oxygen atoms in total. The zero-order valence-corrected chi connectivity index (χ0v) is 26.6. The van der Waals surface area contributed by atoms with Crippen LogP contribution in [0.5, 0.6) is 0 Å². The van der Waals surface area contributed by atoms with Crippen molar-refractivity contribution in [3.05, 3.63) is 35.4 Å². The topological polar surface area (TPSA) is 131 Å². The van der Waals surface area contributed by atoms with E-state index < -0.39 is 23.6 Å². The lowest BCUT2D eigenvalue weighted by molar-refractivity contribution is -0.126. The van der Waals surface area contributed by atoms with Crippen LogP contribution in [0.25, 0.3) is 0 Å². The molecule has 0 saturated carbocycles. The number of nitriles is 1. The molecule has 3 amide bonds. The lowest BCUT2D eigenvalue weighted by atomic mass is 9.88. The molecule has 2 aliphatic heterocycles. The van der Waals surface area contributed by atoms with Crippen molar-refractivity contribution in [2.75, 3.05) is 26.7 Å². The van der Waals surface area contributed by atoms with E-state index in [1.807, 2.05) is 27.8 Å². The Morgan fingerprint density at radius 3 is 2.42 bits per heavy atom. The lowest BCUT2D eigenvalue weighted by Crippen LogP contribution is -2.45. The second-order valence-corrected chi connectivity index (χ2v) is 10.9. The number of likely N-dealkylation sites (N-methyl/N-ethyl adjacent to an activating group) is 2. The van der Waals surface area contributed by atoms with Gasteiger partial charge < -0.3 is 20.7 Å². The van der Waals surface area contributed by atoms with Gasteiger partial charge in [-0.25, -0.2) is 14.0 Å². The van der Waals surface area contributed by atoms with E-state index in [0.29, 0.717) is 55.9 Å². The first-order chi connectivity index (χ1) is 20.6. The fourth-order valence-corrected chi connectivity index (χ4v) is 5.34. The number of piperidine rings is 1. The van der Waals surface area contributed by atoms with Crippen LogP contribution in [0, 0.1) is 41.2 Å². The molecular formula is C32H51F2N5O4. The fraction of sp³-hybridized carbons (Fsp3) is 0.656. The number of hydrogen-bond donors (Lipinski definition) is 3. The zero-order valence-electron chi connectivity index (χ0n) is 26.6. The fourth-order valence-electron chi connectivity index (χ4n) is 5.34. The van der Waals surface area contributed by atoms with E-state index >= 15 is 0 Å². The van der Waals surface area contributed by atoms with Crippen molar-refractivity contribution < 1.29 is 28.0 Å². The highest BCUT2D eigenvalue weighted by atomic mass is 19.1. The molecule has 11 heteroatoms. The van der Waals surface area contributed by atoms with Gasteiger partial charge in [0.15, 0.2) is 0 Å². The van der Waals surface area contributed by atoms with Gasteiger partial charge in [0.2, 0.25) is 11.8 Å². The van der Waals surface area contributed by atoms with E-state index in [9.17, 15) is 28.0 Å². The van der Waals surface area contributed by atoms with Crippen LogP contribution in [0.3, 0.4) is 0 Å². The van der Waals surface area contributed by atoms with Crippen molar-refractivity contribution in [1.29, 1.82) is 5.26 Å². The maximum Gasteiger partial charge on any atom is 0.254 e. The van der Waals surface area contributed by atoms with Crippen molar-refractivity contribution in [3.8, 4) is 6.57 Å². The summed E-state index contributed by atoms with van der Waals surface area (Å²) in [5.41, 5.74) is -0.290. The summed E-state index contributed by atoms with van der Waals surface area (Å²) in [5.74, 6) is -0.707. The Bertz CT molecular complexity index is 1020. The van der Waals surface area contributed by atoms with Crippen LogP contribution >= 0.6 is 0 Å². The summed E-state index contributed by atoms with van der Waals surface area (Å²) >= 11 is 0. The molecule has 1 aromatic carbocycles. The summed E-state index contributed by atoms with van der Waals surface area (Å²) in [7, 11) is 2.04. The first kappa shape index (κ1) is 39.6. The average molecular weight is 608 g/mol. The van der Waals surface area contributed by atoms with E-state index in [4.69, 9.17) is 5.26 Å². The predicted octanol–water partition coefficient (Wildman–Crippen LogP) is 4.61. The highest BCUT2D eigenvalue weighted by Crippen LogP contribution is 2.29. The Kier molecular flexibility index (Phi) is 20.4. The molecular weight excluding hydrogens is 556 g/mol. The number of hydrogen-bond acceptors (Lipinski definition) is 6. The molecule has 2 heterocycles. The molecule has 242 valence electrons. The molecule has 0 bridgehead atoms. The molecule has 3 rings (SSSR count). The smallest absolute Gasteiger partial charge is 0.254 e. The maximum atomic E-state index is 13.6. The van der Waals surface area contributed by atoms with Crippen LogP contribution in [0.15, 0.2) is 18.2 Å². The van der Waals surface area contributed by atoms with E-state index in [0.717, 1.165) is 50.9 Å². The molecule has 4 atom stereocenters. The highest BCUT2D eigenvalue weighted by Gasteiger charge is 2.38. The summed E-state index contributed by atoms with van der Waals surface area (Å²) in [6, 6.07) is 2.05. The van der Waals surface area contributed by atoms with Gasteiger partial charge in [-0.05, 0) is 76.1 Å². The van der Waals surface area contributed by atoms with Gasteiger partial charge in [-0.2, -0.15) is 0 Å². The molecule has 0 radical (unpaired) electrons. The van der Waals surface area contributed by atoms with Gasteiger partial charge in [-0.15, -0.1) is 0 Å². The Morgan fingerprint density at radius 2 is 1.86 bits per heavy atom. The second-order valence-electron chi connectivity index (χ2n) is 10.9. The van der Waals surface area contributed by atoms with Crippen LogP contribution in [-0.2, 0) is 14.4 Å². The number of aldehydes is 1. The molecule has 43 heavy (non-hydrogen) atoms. The number of carbonyl (C=O) groups excluding carboxylic acids is 4. The summed E-state index contributed by atoms with van der Waals surface area (Å²) in [4.78, 5) is 48.4.